The Hall–Kier alpha value is -3.15. The summed E-state index contributed by atoms with van der Waals surface area (Å²) in [7, 11) is 1.20. The van der Waals surface area contributed by atoms with Gasteiger partial charge in [-0.25, -0.2) is 0 Å². The maximum absolute atomic E-state index is 13.1. The van der Waals surface area contributed by atoms with E-state index in [1.54, 1.807) is 12.1 Å². The topological polar surface area (TPSA) is 83.9 Å². The molecule has 3 rings (SSSR count). The Labute approximate surface area is 157 Å². The van der Waals surface area contributed by atoms with Crippen LogP contribution in [0, 0.1) is 25.7 Å². The zero-order valence-electron chi connectivity index (χ0n) is 15.4. The molecule has 27 heavy (non-hydrogen) atoms. The number of rotatable bonds is 4. The van der Waals surface area contributed by atoms with E-state index >= 15 is 0 Å². The number of nitrogens with zero attached hydrogens (tertiary/aromatic N) is 1. The van der Waals surface area contributed by atoms with Crippen LogP contribution >= 0.6 is 0 Å². The van der Waals surface area contributed by atoms with Gasteiger partial charge >= 0.3 is 11.9 Å². The number of hydrogen-bond acceptors (Lipinski definition) is 4. The van der Waals surface area contributed by atoms with E-state index in [-0.39, 0.29) is 0 Å². The van der Waals surface area contributed by atoms with Crippen molar-refractivity contribution in [2.75, 3.05) is 12.0 Å². The van der Waals surface area contributed by atoms with Crippen LogP contribution in [0.1, 0.15) is 22.7 Å². The van der Waals surface area contributed by atoms with Crippen molar-refractivity contribution in [2.45, 2.75) is 19.9 Å². The second-order valence-corrected chi connectivity index (χ2v) is 6.76. The smallest absolute Gasteiger partial charge is 0.317 e. The van der Waals surface area contributed by atoms with Crippen molar-refractivity contribution in [1.29, 1.82) is 0 Å². The number of amides is 1. The summed E-state index contributed by atoms with van der Waals surface area (Å²) in [5.74, 6) is -5.29. The molecule has 1 N–H and O–H groups in total. The van der Waals surface area contributed by atoms with Crippen LogP contribution in [-0.2, 0) is 19.1 Å². The van der Waals surface area contributed by atoms with Gasteiger partial charge in [-0.3, -0.25) is 14.4 Å². The number of carboxylic acid groups (broad SMARTS) is 1. The summed E-state index contributed by atoms with van der Waals surface area (Å²) >= 11 is 0. The molecule has 1 amide bonds. The number of hydrogen-bond donors (Lipinski definition) is 1. The van der Waals surface area contributed by atoms with Gasteiger partial charge in [0.1, 0.15) is 5.92 Å². The molecule has 6 nitrogen and oxygen atoms in total. The van der Waals surface area contributed by atoms with Crippen LogP contribution in [0.25, 0.3) is 0 Å². The Morgan fingerprint density at radius 3 is 1.96 bits per heavy atom. The van der Waals surface area contributed by atoms with Gasteiger partial charge in [-0.15, -0.1) is 0 Å². The van der Waals surface area contributed by atoms with E-state index in [1.165, 1.54) is 12.0 Å². The highest BCUT2D eigenvalue weighted by molar-refractivity contribution is 6.12. The molecule has 3 atom stereocenters. The van der Waals surface area contributed by atoms with Crippen molar-refractivity contribution in [1.82, 2.24) is 0 Å². The lowest BCUT2D eigenvalue weighted by Gasteiger charge is -2.28. The van der Waals surface area contributed by atoms with Crippen molar-refractivity contribution >= 4 is 23.5 Å². The lowest BCUT2D eigenvalue weighted by Crippen LogP contribution is -2.32. The van der Waals surface area contributed by atoms with Gasteiger partial charge in [-0.1, -0.05) is 47.5 Å². The van der Waals surface area contributed by atoms with E-state index in [9.17, 15) is 19.5 Å². The van der Waals surface area contributed by atoms with Gasteiger partial charge in [0.05, 0.1) is 13.2 Å². The Balaban J connectivity index is 2.19. The minimum atomic E-state index is -1.50. The van der Waals surface area contributed by atoms with Gasteiger partial charge in [0, 0.05) is 5.69 Å². The molecule has 0 bridgehead atoms. The number of aryl methyl sites for hydroxylation is 2. The number of esters is 1. The number of carboxylic acids is 1. The number of benzene rings is 2. The third kappa shape index (κ3) is 3.30. The van der Waals surface area contributed by atoms with Gasteiger partial charge in [0.2, 0.25) is 5.91 Å². The lowest BCUT2D eigenvalue weighted by atomic mass is 9.86. The predicted molar refractivity (Wildman–Crippen MR) is 99.2 cm³/mol. The summed E-state index contributed by atoms with van der Waals surface area (Å²) in [6.07, 6.45) is 0. The highest BCUT2D eigenvalue weighted by Crippen LogP contribution is 2.45. The number of anilines is 1. The number of methoxy groups -OCH3 is 1. The number of ether oxygens (including phenoxy) is 1. The number of carbonyl (C=O) groups excluding carboxylic acids is 2. The first-order chi connectivity index (χ1) is 12.8. The molecule has 0 unspecified atom stereocenters. The minimum absolute atomic E-state index is 0.550. The maximum atomic E-state index is 13.1. The molecule has 140 valence electrons. The van der Waals surface area contributed by atoms with E-state index in [1.807, 2.05) is 50.2 Å². The van der Waals surface area contributed by atoms with Gasteiger partial charge < -0.3 is 14.7 Å². The SMILES string of the molecule is COC(=O)[C@H]1[C@H](C(=O)O)C(=O)N(c2ccc(C)cc2)[C@@H]1c1ccc(C)cc1. The van der Waals surface area contributed by atoms with Crippen LogP contribution in [-0.4, -0.2) is 30.1 Å². The second kappa shape index (κ2) is 7.23. The van der Waals surface area contributed by atoms with E-state index in [2.05, 4.69) is 0 Å². The highest BCUT2D eigenvalue weighted by atomic mass is 16.5. The average molecular weight is 367 g/mol. The van der Waals surface area contributed by atoms with Crippen LogP contribution in [0.5, 0.6) is 0 Å². The van der Waals surface area contributed by atoms with Crippen LogP contribution in [0.15, 0.2) is 48.5 Å². The van der Waals surface area contributed by atoms with E-state index in [0.29, 0.717) is 11.3 Å². The molecule has 2 aromatic carbocycles. The summed E-state index contributed by atoms with van der Waals surface area (Å²) in [5, 5.41) is 9.66. The van der Waals surface area contributed by atoms with Crippen LogP contribution in [0.3, 0.4) is 0 Å². The molecular formula is C21H21NO5. The summed E-state index contributed by atoms with van der Waals surface area (Å²) in [4.78, 5) is 38.8. The fourth-order valence-electron chi connectivity index (χ4n) is 3.56. The molecule has 0 spiro atoms. The summed E-state index contributed by atoms with van der Waals surface area (Å²) < 4.78 is 4.86. The monoisotopic (exact) mass is 367 g/mol. The standard InChI is InChI=1S/C21H21NO5/c1-12-4-8-14(9-5-12)18-16(21(26)27-3)17(20(24)25)19(23)22(18)15-10-6-13(2)7-11-15/h4-11,16-18H,1-3H3,(H,24,25)/t16-,17-,18+/m0/s1. The Morgan fingerprint density at radius 2 is 1.48 bits per heavy atom. The fraction of sp³-hybridized carbons (Fsp3) is 0.286. The van der Waals surface area contributed by atoms with Gasteiger partial charge in [-0.05, 0) is 31.5 Å². The summed E-state index contributed by atoms with van der Waals surface area (Å²) in [5.41, 5.74) is 3.27. The lowest BCUT2D eigenvalue weighted by molar-refractivity contribution is -0.156. The van der Waals surface area contributed by atoms with E-state index in [0.717, 1.165) is 11.1 Å². The Kier molecular flexibility index (Phi) is 4.99. The largest absolute Gasteiger partial charge is 0.481 e. The molecule has 0 saturated carbocycles. The first-order valence-electron chi connectivity index (χ1n) is 8.62. The molecule has 1 heterocycles. The van der Waals surface area contributed by atoms with Crippen molar-refractivity contribution in [3.05, 3.63) is 65.2 Å². The van der Waals surface area contributed by atoms with Crippen LogP contribution in [0.2, 0.25) is 0 Å². The Bertz CT molecular complexity index is 872. The minimum Gasteiger partial charge on any atom is -0.481 e. The zero-order chi connectivity index (χ0) is 19.7. The molecule has 0 aromatic heterocycles. The predicted octanol–water partition coefficient (Wildman–Crippen LogP) is 2.88. The average Bonchev–Trinajstić information content (AvgIpc) is 2.95. The van der Waals surface area contributed by atoms with Crippen LogP contribution < -0.4 is 4.90 Å². The van der Waals surface area contributed by atoms with Crippen molar-refractivity contribution in [2.24, 2.45) is 11.8 Å². The molecular weight excluding hydrogens is 346 g/mol. The third-order valence-electron chi connectivity index (χ3n) is 4.95. The third-order valence-corrected chi connectivity index (χ3v) is 4.95. The normalized spacial score (nSPS) is 22.0. The van der Waals surface area contributed by atoms with Crippen molar-refractivity contribution in [3.63, 3.8) is 0 Å². The van der Waals surface area contributed by atoms with Crippen LogP contribution in [0.4, 0.5) is 5.69 Å². The number of aliphatic carboxylic acids is 1. The fourth-order valence-corrected chi connectivity index (χ4v) is 3.56. The second-order valence-electron chi connectivity index (χ2n) is 6.76. The number of carbonyl (C=O) groups is 3. The highest BCUT2D eigenvalue weighted by Gasteiger charge is 2.56. The molecule has 1 fully saturated rings. The summed E-state index contributed by atoms with van der Waals surface area (Å²) in [6.45, 7) is 3.85. The zero-order valence-corrected chi connectivity index (χ0v) is 15.4. The van der Waals surface area contributed by atoms with Gasteiger partial charge in [0.15, 0.2) is 5.92 Å². The van der Waals surface area contributed by atoms with Crippen molar-refractivity contribution in [3.8, 4) is 0 Å². The summed E-state index contributed by atoms with van der Waals surface area (Å²) in [6, 6.07) is 13.8. The van der Waals surface area contributed by atoms with Crippen molar-refractivity contribution < 1.29 is 24.2 Å². The van der Waals surface area contributed by atoms with E-state index in [4.69, 9.17) is 4.74 Å². The molecule has 0 aliphatic carbocycles. The Morgan fingerprint density at radius 1 is 0.963 bits per heavy atom. The molecule has 1 aliphatic heterocycles. The van der Waals surface area contributed by atoms with E-state index < -0.39 is 35.7 Å². The molecule has 1 aliphatic rings. The van der Waals surface area contributed by atoms with Gasteiger partial charge in [-0.2, -0.15) is 0 Å². The van der Waals surface area contributed by atoms with Gasteiger partial charge in [0.25, 0.3) is 0 Å². The molecule has 6 heteroatoms. The molecule has 0 radical (unpaired) electrons. The first-order valence-corrected chi connectivity index (χ1v) is 8.62. The molecule has 1 saturated heterocycles. The first kappa shape index (κ1) is 18.6. The quantitative estimate of drug-likeness (QED) is 0.664. The maximum Gasteiger partial charge on any atom is 0.317 e. The molecule has 2 aromatic rings.